The Kier molecular flexibility index (Phi) is 3.57. The first kappa shape index (κ1) is 12.6. The first-order valence-electron chi connectivity index (χ1n) is 5.49. The van der Waals surface area contributed by atoms with E-state index in [1.807, 2.05) is 39.0 Å². The van der Waals surface area contributed by atoms with E-state index < -0.39 is 6.10 Å². The van der Waals surface area contributed by atoms with Crippen LogP contribution in [0.15, 0.2) is 24.3 Å². The standard InChI is InChI=1S/C14H15ClOS/c1-8-4-9(2)6-11(5-8)13(16)12-7-10(3)14(15)17-12/h4-7,13,16H,1-3H3. The first-order valence-corrected chi connectivity index (χ1v) is 6.69. The Morgan fingerprint density at radius 1 is 1.06 bits per heavy atom. The largest absolute Gasteiger partial charge is 0.383 e. The molecule has 1 aromatic heterocycles. The second kappa shape index (κ2) is 4.81. The highest BCUT2D eigenvalue weighted by Gasteiger charge is 2.15. The number of benzene rings is 1. The normalized spacial score (nSPS) is 12.8. The molecule has 17 heavy (non-hydrogen) atoms. The summed E-state index contributed by atoms with van der Waals surface area (Å²) >= 11 is 7.48. The number of aryl methyl sites for hydroxylation is 3. The minimum absolute atomic E-state index is 0.579. The highest BCUT2D eigenvalue weighted by atomic mass is 35.5. The number of hydrogen-bond acceptors (Lipinski definition) is 2. The zero-order chi connectivity index (χ0) is 12.6. The Labute approximate surface area is 111 Å². The zero-order valence-electron chi connectivity index (χ0n) is 10.1. The van der Waals surface area contributed by atoms with Gasteiger partial charge in [-0.05, 0) is 38.0 Å². The number of thiophene rings is 1. The Balaban J connectivity index is 2.39. The highest BCUT2D eigenvalue weighted by Crippen LogP contribution is 2.34. The van der Waals surface area contributed by atoms with Gasteiger partial charge in [0.05, 0.1) is 4.34 Å². The molecule has 0 spiro atoms. The molecule has 1 nitrogen and oxygen atoms in total. The van der Waals surface area contributed by atoms with E-state index in [9.17, 15) is 5.11 Å². The van der Waals surface area contributed by atoms with Crippen LogP contribution in [0.4, 0.5) is 0 Å². The smallest absolute Gasteiger partial charge is 0.113 e. The van der Waals surface area contributed by atoms with Crippen molar-refractivity contribution in [2.75, 3.05) is 0 Å². The molecule has 1 N–H and O–H groups in total. The summed E-state index contributed by atoms with van der Waals surface area (Å²) in [5.41, 5.74) is 4.28. The molecule has 2 aromatic rings. The van der Waals surface area contributed by atoms with Crippen LogP contribution < -0.4 is 0 Å². The van der Waals surface area contributed by atoms with Crippen LogP contribution in [-0.4, -0.2) is 5.11 Å². The molecule has 0 bridgehead atoms. The molecule has 1 unspecified atom stereocenters. The monoisotopic (exact) mass is 266 g/mol. The molecular weight excluding hydrogens is 252 g/mol. The van der Waals surface area contributed by atoms with Crippen LogP contribution in [0.3, 0.4) is 0 Å². The average molecular weight is 267 g/mol. The topological polar surface area (TPSA) is 20.2 Å². The summed E-state index contributed by atoms with van der Waals surface area (Å²) in [6.07, 6.45) is -0.579. The van der Waals surface area contributed by atoms with Gasteiger partial charge in [0, 0.05) is 4.88 Å². The number of aliphatic hydroxyl groups excluding tert-OH is 1. The highest BCUT2D eigenvalue weighted by molar-refractivity contribution is 7.16. The molecule has 0 saturated carbocycles. The predicted octanol–water partition coefficient (Wildman–Crippen LogP) is 4.41. The lowest BCUT2D eigenvalue weighted by molar-refractivity contribution is 0.224. The van der Waals surface area contributed by atoms with Crippen molar-refractivity contribution in [2.24, 2.45) is 0 Å². The SMILES string of the molecule is Cc1cc(C)cc(C(O)c2cc(C)c(Cl)s2)c1. The average Bonchev–Trinajstić information content (AvgIpc) is 2.57. The van der Waals surface area contributed by atoms with Crippen LogP contribution in [0.2, 0.25) is 4.34 Å². The van der Waals surface area contributed by atoms with Crippen molar-refractivity contribution in [1.29, 1.82) is 0 Å². The summed E-state index contributed by atoms with van der Waals surface area (Å²) in [5.74, 6) is 0. The number of aliphatic hydroxyl groups is 1. The summed E-state index contributed by atoms with van der Waals surface area (Å²) < 4.78 is 0.753. The molecule has 0 amide bonds. The zero-order valence-corrected chi connectivity index (χ0v) is 11.7. The van der Waals surface area contributed by atoms with Crippen LogP contribution >= 0.6 is 22.9 Å². The van der Waals surface area contributed by atoms with Crippen LogP contribution in [0.5, 0.6) is 0 Å². The van der Waals surface area contributed by atoms with Crippen molar-refractivity contribution in [1.82, 2.24) is 0 Å². The molecule has 90 valence electrons. The number of hydrogen-bond donors (Lipinski definition) is 1. The van der Waals surface area contributed by atoms with Crippen LogP contribution in [0.25, 0.3) is 0 Å². The van der Waals surface area contributed by atoms with Gasteiger partial charge in [-0.2, -0.15) is 0 Å². The number of halogens is 1. The first-order chi connectivity index (χ1) is 7.97. The quantitative estimate of drug-likeness (QED) is 0.854. The van der Waals surface area contributed by atoms with E-state index in [-0.39, 0.29) is 0 Å². The molecule has 2 rings (SSSR count). The van der Waals surface area contributed by atoms with E-state index in [2.05, 4.69) is 6.07 Å². The summed E-state index contributed by atoms with van der Waals surface area (Å²) in [4.78, 5) is 0.900. The van der Waals surface area contributed by atoms with Gasteiger partial charge in [-0.1, -0.05) is 40.9 Å². The molecule has 3 heteroatoms. The Hall–Kier alpha value is -0.830. The maximum absolute atomic E-state index is 10.3. The molecule has 0 aliphatic carbocycles. The summed E-state index contributed by atoms with van der Waals surface area (Å²) in [6.45, 7) is 6.03. The molecule has 1 aromatic carbocycles. The van der Waals surface area contributed by atoms with Crippen LogP contribution in [0.1, 0.15) is 33.2 Å². The molecule has 0 aliphatic rings. The van der Waals surface area contributed by atoms with Crippen molar-refractivity contribution in [3.05, 3.63) is 55.7 Å². The van der Waals surface area contributed by atoms with E-state index in [0.29, 0.717) is 0 Å². The van der Waals surface area contributed by atoms with Gasteiger partial charge in [0.1, 0.15) is 6.10 Å². The second-order valence-electron chi connectivity index (χ2n) is 4.43. The molecular formula is C14H15ClOS. The van der Waals surface area contributed by atoms with Gasteiger partial charge < -0.3 is 5.11 Å². The lowest BCUT2D eigenvalue weighted by Crippen LogP contribution is -1.98. The molecule has 0 aliphatic heterocycles. The van der Waals surface area contributed by atoms with Crippen molar-refractivity contribution in [2.45, 2.75) is 26.9 Å². The lowest BCUT2D eigenvalue weighted by atomic mass is 10.0. The van der Waals surface area contributed by atoms with Gasteiger partial charge in [-0.15, -0.1) is 11.3 Å². The van der Waals surface area contributed by atoms with Gasteiger partial charge in [0.2, 0.25) is 0 Å². The van der Waals surface area contributed by atoms with Crippen LogP contribution in [-0.2, 0) is 0 Å². The number of rotatable bonds is 2. The van der Waals surface area contributed by atoms with Gasteiger partial charge in [-0.25, -0.2) is 0 Å². The van der Waals surface area contributed by atoms with Gasteiger partial charge in [0.15, 0.2) is 0 Å². The van der Waals surface area contributed by atoms with Gasteiger partial charge >= 0.3 is 0 Å². The molecule has 1 heterocycles. The summed E-state index contributed by atoms with van der Waals surface area (Å²) in [5, 5.41) is 10.3. The fourth-order valence-corrected chi connectivity index (χ4v) is 3.18. The van der Waals surface area contributed by atoms with E-state index in [1.165, 1.54) is 22.5 Å². The fourth-order valence-electron chi connectivity index (χ4n) is 1.95. The van der Waals surface area contributed by atoms with E-state index in [0.717, 1.165) is 20.3 Å². The third kappa shape index (κ3) is 2.71. The van der Waals surface area contributed by atoms with Gasteiger partial charge in [-0.3, -0.25) is 0 Å². The minimum Gasteiger partial charge on any atom is -0.383 e. The third-order valence-electron chi connectivity index (χ3n) is 2.71. The molecule has 0 radical (unpaired) electrons. The van der Waals surface area contributed by atoms with Crippen molar-refractivity contribution >= 4 is 22.9 Å². The van der Waals surface area contributed by atoms with E-state index in [1.54, 1.807) is 0 Å². The van der Waals surface area contributed by atoms with Crippen molar-refractivity contribution < 1.29 is 5.11 Å². The molecule has 0 fully saturated rings. The van der Waals surface area contributed by atoms with Crippen molar-refractivity contribution in [3.8, 4) is 0 Å². The molecule has 0 saturated heterocycles. The van der Waals surface area contributed by atoms with E-state index >= 15 is 0 Å². The van der Waals surface area contributed by atoms with E-state index in [4.69, 9.17) is 11.6 Å². The second-order valence-corrected chi connectivity index (χ2v) is 6.11. The van der Waals surface area contributed by atoms with Gasteiger partial charge in [0.25, 0.3) is 0 Å². The Morgan fingerprint density at radius 2 is 1.65 bits per heavy atom. The maximum Gasteiger partial charge on any atom is 0.113 e. The molecule has 1 atom stereocenters. The van der Waals surface area contributed by atoms with Crippen molar-refractivity contribution in [3.63, 3.8) is 0 Å². The third-order valence-corrected chi connectivity index (χ3v) is 4.31. The minimum atomic E-state index is -0.579. The van der Waals surface area contributed by atoms with Crippen LogP contribution in [0, 0.1) is 20.8 Å². The maximum atomic E-state index is 10.3. The predicted molar refractivity (Wildman–Crippen MR) is 74.0 cm³/mol. The Morgan fingerprint density at radius 3 is 2.12 bits per heavy atom. The fraction of sp³-hybridized carbons (Fsp3) is 0.286. The summed E-state index contributed by atoms with van der Waals surface area (Å²) in [6, 6.07) is 8.08. The lowest BCUT2D eigenvalue weighted by Gasteiger charge is -2.11. The summed E-state index contributed by atoms with van der Waals surface area (Å²) in [7, 11) is 0. The Bertz CT molecular complexity index is 505.